The van der Waals surface area contributed by atoms with Gasteiger partial charge in [0.1, 0.15) is 5.69 Å². The van der Waals surface area contributed by atoms with Crippen molar-refractivity contribution in [1.29, 1.82) is 0 Å². The maximum absolute atomic E-state index is 12.3. The number of nitrogens with two attached hydrogens (primary N) is 1. The van der Waals surface area contributed by atoms with Gasteiger partial charge in [0.15, 0.2) is 5.13 Å². The summed E-state index contributed by atoms with van der Waals surface area (Å²) in [5, 5.41) is 17.6. The van der Waals surface area contributed by atoms with E-state index in [-0.39, 0.29) is 17.5 Å². The van der Waals surface area contributed by atoms with Gasteiger partial charge < -0.3 is 26.0 Å². The van der Waals surface area contributed by atoms with Crippen LogP contribution >= 0.6 is 11.3 Å². The summed E-state index contributed by atoms with van der Waals surface area (Å²) in [5.74, 6) is -0.901. The van der Waals surface area contributed by atoms with Crippen LogP contribution in [0.1, 0.15) is 35.9 Å². The predicted octanol–water partition coefficient (Wildman–Crippen LogP) is 0.127. The number of nitrogens with one attached hydrogen (secondary N) is 2. The van der Waals surface area contributed by atoms with Crippen molar-refractivity contribution in [3.63, 3.8) is 0 Å². The van der Waals surface area contributed by atoms with Gasteiger partial charge in [-0.05, 0) is 19.8 Å². The van der Waals surface area contributed by atoms with E-state index < -0.39 is 18.1 Å². The topological polar surface area (TPSA) is 135 Å². The number of amides is 2. The Labute approximate surface area is 154 Å². The summed E-state index contributed by atoms with van der Waals surface area (Å²) < 4.78 is 1.93. The average Bonchev–Trinajstić information content (AvgIpc) is 3.33. The number of aryl methyl sites for hydroxylation is 1. The molecule has 1 fully saturated rings. The number of rotatable bonds is 6. The van der Waals surface area contributed by atoms with Crippen LogP contribution in [0.25, 0.3) is 0 Å². The molecule has 5 N–H and O–H groups in total. The van der Waals surface area contributed by atoms with Gasteiger partial charge in [0.25, 0.3) is 5.91 Å². The molecular weight excluding hydrogens is 356 g/mol. The number of hydrogen-bond donors (Lipinski definition) is 4. The molecule has 0 saturated heterocycles. The van der Waals surface area contributed by atoms with Gasteiger partial charge in [0.05, 0.1) is 30.7 Å². The summed E-state index contributed by atoms with van der Waals surface area (Å²) in [7, 11) is 0. The van der Waals surface area contributed by atoms with Gasteiger partial charge in [-0.3, -0.25) is 9.59 Å². The first kappa shape index (κ1) is 18.3. The van der Waals surface area contributed by atoms with Gasteiger partial charge >= 0.3 is 0 Å². The zero-order chi connectivity index (χ0) is 18.7. The minimum atomic E-state index is -0.773. The third-order valence-corrected chi connectivity index (χ3v) is 5.14. The fourth-order valence-electron chi connectivity index (χ4n) is 3.01. The molecule has 0 spiro atoms. The Morgan fingerprint density at radius 2 is 2.27 bits per heavy atom. The number of nitrogens with zero attached hydrogens (tertiary/aromatic N) is 3. The number of carbonyl (C=O) groups excluding carboxylic acids is 2. The number of aromatic nitrogens is 3. The minimum absolute atomic E-state index is 0.148. The molecule has 2 aromatic heterocycles. The number of hydrogen-bond acceptors (Lipinski definition) is 7. The standard InChI is InChI=1S/C16H22N6O3S/c1-2-22-6-10(19-8-22)5-18-14(24)9-3-11(13(23)4-9)20-15(25)12-7-26-16(17)21-12/h6-9,11,13,23H,2-5H2,1H3,(H2,17,21)(H,18,24)(H,20,25)/t9-,11+,13+/m0/s1. The highest BCUT2D eigenvalue weighted by Gasteiger charge is 2.38. The molecule has 9 nitrogen and oxygen atoms in total. The van der Waals surface area contributed by atoms with E-state index in [1.54, 1.807) is 11.7 Å². The van der Waals surface area contributed by atoms with E-state index in [0.717, 1.165) is 12.2 Å². The fraction of sp³-hybridized carbons (Fsp3) is 0.500. The number of thiazole rings is 1. The largest absolute Gasteiger partial charge is 0.391 e. The minimum Gasteiger partial charge on any atom is -0.391 e. The molecule has 2 aromatic rings. The van der Waals surface area contributed by atoms with Crippen LogP contribution in [-0.4, -0.2) is 43.6 Å². The molecule has 1 aliphatic carbocycles. The molecule has 0 aliphatic heterocycles. The van der Waals surface area contributed by atoms with Crippen molar-refractivity contribution < 1.29 is 14.7 Å². The number of imidazole rings is 1. The molecular formula is C16H22N6O3S. The van der Waals surface area contributed by atoms with E-state index in [2.05, 4.69) is 20.6 Å². The normalized spacial score (nSPS) is 22.3. The Bertz CT molecular complexity index is 789. The lowest BCUT2D eigenvalue weighted by Crippen LogP contribution is -2.40. The van der Waals surface area contributed by atoms with Crippen molar-refractivity contribution in [2.45, 2.75) is 45.0 Å². The molecule has 140 valence electrons. The van der Waals surface area contributed by atoms with Crippen LogP contribution in [0.2, 0.25) is 0 Å². The third kappa shape index (κ3) is 4.20. The molecule has 26 heavy (non-hydrogen) atoms. The molecule has 0 aromatic carbocycles. The Kier molecular flexibility index (Phi) is 5.52. The summed E-state index contributed by atoms with van der Waals surface area (Å²) in [6, 6.07) is -0.486. The van der Waals surface area contributed by atoms with Gasteiger partial charge in [-0.2, -0.15) is 0 Å². The van der Waals surface area contributed by atoms with E-state index in [1.165, 1.54) is 11.3 Å². The second-order valence-electron chi connectivity index (χ2n) is 6.30. The first-order valence-electron chi connectivity index (χ1n) is 8.44. The highest BCUT2D eigenvalue weighted by molar-refractivity contribution is 7.13. The molecule has 0 bridgehead atoms. The van der Waals surface area contributed by atoms with Crippen molar-refractivity contribution in [3.05, 3.63) is 29.3 Å². The lowest BCUT2D eigenvalue weighted by Gasteiger charge is -2.15. The smallest absolute Gasteiger partial charge is 0.271 e. The van der Waals surface area contributed by atoms with E-state index in [1.807, 2.05) is 17.7 Å². The second kappa shape index (κ2) is 7.83. The Morgan fingerprint density at radius 1 is 1.46 bits per heavy atom. The number of aliphatic hydroxyl groups excluding tert-OH is 1. The van der Waals surface area contributed by atoms with Crippen LogP contribution in [0.3, 0.4) is 0 Å². The van der Waals surface area contributed by atoms with Crippen LogP contribution in [0.5, 0.6) is 0 Å². The molecule has 2 heterocycles. The van der Waals surface area contributed by atoms with Gasteiger partial charge in [0, 0.05) is 24.0 Å². The average molecular weight is 378 g/mol. The summed E-state index contributed by atoms with van der Waals surface area (Å²) in [6.07, 6.45) is 3.51. The van der Waals surface area contributed by atoms with Crippen LogP contribution in [0.15, 0.2) is 17.9 Å². The van der Waals surface area contributed by atoms with Crippen LogP contribution in [-0.2, 0) is 17.9 Å². The number of anilines is 1. The molecule has 10 heteroatoms. The van der Waals surface area contributed by atoms with Gasteiger partial charge in [-0.15, -0.1) is 11.3 Å². The SMILES string of the molecule is CCn1cnc(CNC(=O)[C@@H]2C[C@@H](O)[C@H](NC(=O)c3csc(N)n3)C2)c1. The Hall–Kier alpha value is -2.46. The van der Waals surface area contributed by atoms with Gasteiger partial charge in [-0.1, -0.05) is 0 Å². The predicted molar refractivity (Wildman–Crippen MR) is 96.3 cm³/mol. The highest BCUT2D eigenvalue weighted by Crippen LogP contribution is 2.27. The van der Waals surface area contributed by atoms with E-state index >= 15 is 0 Å². The second-order valence-corrected chi connectivity index (χ2v) is 7.19. The van der Waals surface area contributed by atoms with Crippen molar-refractivity contribution in [3.8, 4) is 0 Å². The quantitative estimate of drug-likeness (QED) is 0.564. The Morgan fingerprint density at radius 3 is 2.92 bits per heavy atom. The monoisotopic (exact) mass is 378 g/mol. The number of carbonyl (C=O) groups is 2. The Balaban J connectivity index is 1.50. The molecule has 0 unspecified atom stereocenters. The zero-order valence-corrected chi connectivity index (χ0v) is 15.2. The summed E-state index contributed by atoms with van der Waals surface area (Å²) in [4.78, 5) is 32.6. The fourth-order valence-corrected chi connectivity index (χ4v) is 3.55. The first-order valence-corrected chi connectivity index (χ1v) is 9.32. The summed E-state index contributed by atoms with van der Waals surface area (Å²) in [5.41, 5.74) is 6.53. The zero-order valence-electron chi connectivity index (χ0n) is 14.4. The number of aliphatic hydroxyl groups is 1. The van der Waals surface area contributed by atoms with Gasteiger partial charge in [0.2, 0.25) is 5.91 Å². The van der Waals surface area contributed by atoms with E-state index in [4.69, 9.17) is 5.73 Å². The highest BCUT2D eigenvalue weighted by atomic mass is 32.1. The van der Waals surface area contributed by atoms with Crippen LogP contribution in [0.4, 0.5) is 5.13 Å². The van der Waals surface area contributed by atoms with Crippen molar-refractivity contribution in [1.82, 2.24) is 25.2 Å². The van der Waals surface area contributed by atoms with Crippen LogP contribution in [0, 0.1) is 5.92 Å². The molecule has 3 atom stereocenters. The maximum Gasteiger partial charge on any atom is 0.271 e. The van der Waals surface area contributed by atoms with E-state index in [0.29, 0.717) is 24.5 Å². The molecule has 1 saturated carbocycles. The summed E-state index contributed by atoms with van der Waals surface area (Å²) in [6.45, 7) is 3.17. The van der Waals surface area contributed by atoms with Crippen molar-refractivity contribution >= 4 is 28.3 Å². The first-order chi connectivity index (χ1) is 12.5. The van der Waals surface area contributed by atoms with Crippen molar-refractivity contribution in [2.75, 3.05) is 5.73 Å². The van der Waals surface area contributed by atoms with E-state index in [9.17, 15) is 14.7 Å². The molecule has 0 radical (unpaired) electrons. The lowest BCUT2D eigenvalue weighted by atomic mass is 10.1. The maximum atomic E-state index is 12.3. The van der Waals surface area contributed by atoms with Crippen molar-refractivity contribution in [2.24, 2.45) is 5.92 Å². The summed E-state index contributed by atoms with van der Waals surface area (Å²) >= 11 is 1.18. The molecule has 2 amide bonds. The molecule has 1 aliphatic rings. The lowest BCUT2D eigenvalue weighted by molar-refractivity contribution is -0.125. The molecule has 3 rings (SSSR count). The van der Waals surface area contributed by atoms with Crippen LogP contribution < -0.4 is 16.4 Å². The van der Waals surface area contributed by atoms with Gasteiger partial charge in [-0.25, -0.2) is 9.97 Å². The third-order valence-electron chi connectivity index (χ3n) is 4.47. The number of nitrogen functional groups attached to an aromatic ring is 1.